The lowest BCUT2D eigenvalue weighted by atomic mass is 10.3. The molecule has 0 radical (unpaired) electrons. The second kappa shape index (κ2) is 5.04. The van der Waals surface area contributed by atoms with Gasteiger partial charge in [-0.2, -0.15) is 16.4 Å². The molecule has 0 aliphatic rings. The predicted octanol–water partition coefficient (Wildman–Crippen LogP) is 1.65. The number of aryl methyl sites for hydroxylation is 1. The van der Waals surface area contributed by atoms with Crippen LogP contribution in [-0.2, 0) is 19.6 Å². The van der Waals surface area contributed by atoms with Gasteiger partial charge in [-0.15, -0.1) is 0 Å². The fourth-order valence-corrected chi connectivity index (χ4v) is 2.07. The van der Waals surface area contributed by atoms with Crippen molar-refractivity contribution in [3.63, 3.8) is 0 Å². The number of nitrogens with one attached hydrogen (secondary N) is 1. The van der Waals surface area contributed by atoms with Gasteiger partial charge in [-0.3, -0.25) is 0 Å². The van der Waals surface area contributed by atoms with Gasteiger partial charge in [0.05, 0.1) is 6.54 Å². The zero-order chi connectivity index (χ0) is 10.5. The maximum atomic E-state index is 4.20. The molecule has 0 atom stereocenters. The summed E-state index contributed by atoms with van der Waals surface area (Å²) >= 11 is 1.72. The van der Waals surface area contributed by atoms with Crippen molar-refractivity contribution in [3.8, 4) is 0 Å². The molecule has 0 amide bonds. The minimum absolute atomic E-state index is 0.768. The van der Waals surface area contributed by atoms with Gasteiger partial charge in [0.15, 0.2) is 0 Å². The number of hydrogen-bond acceptors (Lipinski definition) is 4. The molecule has 4 nitrogen and oxygen atoms in total. The average molecular weight is 222 g/mol. The minimum Gasteiger partial charge on any atom is -0.306 e. The van der Waals surface area contributed by atoms with Crippen LogP contribution in [0.15, 0.2) is 23.2 Å². The molecule has 2 heterocycles. The molecule has 0 unspecified atom stereocenters. The fraction of sp³-hybridized carbons (Fsp3) is 0.400. The Morgan fingerprint density at radius 2 is 2.40 bits per heavy atom. The van der Waals surface area contributed by atoms with Crippen LogP contribution < -0.4 is 5.32 Å². The quantitative estimate of drug-likeness (QED) is 0.836. The Labute approximate surface area is 93.0 Å². The fourth-order valence-electron chi connectivity index (χ4n) is 1.40. The first-order chi connectivity index (χ1) is 7.40. The van der Waals surface area contributed by atoms with Gasteiger partial charge in [-0.25, -0.2) is 9.67 Å². The molecule has 5 heteroatoms. The topological polar surface area (TPSA) is 42.7 Å². The Morgan fingerprint density at radius 3 is 3.13 bits per heavy atom. The van der Waals surface area contributed by atoms with Crippen molar-refractivity contribution < 1.29 is 0 Å². The van der Waals surface area contributed by atoms with E-state index in [2.05, 4.69) is 39.1 Å². The van der Waals surface area contributed by atoms with E-state index in [1.54, 1.807) is 17.7 Å². The van der Waals surface area contributed by atoms with Crippen LogP contribution in [0.3, 0.4) is 0 Å². The lowest BCUT2D eigenvalue weighted by molar-refractivity contribution is 0.572. The molecule has 2 aromatic rings. The van der Waals surface area contributed by atoms with Gasteiger partial charge < -0.3 is 5.32 Å². The first-order valence-corrected chi connectivity index (χ1v) is 5.93. The molecule has 0 fully saturated rings. The first-order valence-electron chi connectivity index (χ1n) is 4.98. The molecule has 0 bridgehead atoms. The van der Waals surface area contributed by atoms with Crippen molar-refractivity contribution in [1.82, 2.24) is 20.1 Å². The Kier molecular flexibility index (Phi) is 3.47. The third-order valence-electron chi connectivity index (χ3n) is 2.19. The summed E-state index contributed by atoms with van der Waals surface area (Å²) in [6.45, 7) is 4.59. The maximum Gasteiger partial charge on any atom is 0.140 e. The number of rotatable bonds is 5. The SMILES string of the molecule is CCn1ncnc1CNCc1ccsc1. The molecule has 0 aliphatic carbocycles. The lowest BCUT2D eigenvalue weighted by Gasteiger charge is -2.04. The largest absolute Gasteiger partial charge is 0.306 e. The van der Waals surface area contributed by atoms with E-state index in [1.165, 1.54) is 5.56 Å². The van der Waals surface area contributed by atoms with Crippen LogP contribution >= 0.6 is 11.3 Å². The molecule has 0 aliphatic heterocycles. The van der Waals surface area contributed by atoms with Crippen molar-refractivity contribution in [2.24, 2.45) is 0 Å². The van der Waals surface area contributed by atoms with Gasteiger partial charge in [0, 0.05) is 13.1 Å². The number of hydrogen-bond donors (Lipinski definition) is 1. The van der Waals surface area contributed by atoms with E-state index in [-0.39, 0.29) is 0 Å². The zero-order valence-electron chi connectivity index (χ0n) is 8.68. The van der Waals surface area contributed by atoms with Crippen molar-refractivity contribution >= 4 is 11.3 Å². The van der Waals surface area contributed by atoms with Crippen LogP contribution in [0.25, 0.3) is 0 Å². The van der Waals surface area contributed by atoms with Gasteiger partial charge in [-0.1, -0.05) is 0 Å². The smallest absolute Gasteiger partial charge is 0.140 e. The monoisotopic (exact) mass is 222 g/mol. The van der Waals surface area contributed by atoms with E-state index in [0.29, 0.717) is 0 Å². The molecular weight excluding hydrogens is 208 g/mol. The Morgan fingerprint density at radius 1 is 1.47 bits per heavy atom. The third-order valence-corrected chi connectivity index (χ3v) is 2.92. The van der Waals surface area contributed by atoms with Crippen LogP contribution in [0.5, 0.6) is 0 Å². The van der Waals surface area contributed by atoms with E-state index < -0.39 is 0 Å². The van der Waals surface area contributed by atoms with Gasteiger partial charge in [-0.05, 0) is 29.3 Å². The summed E-state index contributed by atoms with van der Waals surface area (Å²) in [4.78, 5) is 4.20. The standard InChI is InChI=1S/C10H14N4S/c1-2-14-10(12-8-13-14)6-11-5-9-3-4-15-7-9/h3-4,7-8,11H,2,5-6H2,1H3. The van der Waals surface area contributed by atoms with Gasteiger partial charge in [0.2, 0.25) is 0 Å². The molecule has 2 aromatic heterocycles. The van der Waals surface area contributed by atoms with Crippen LogP contribution in [0.1, 0.15) is 18.3 Å². The average Bonchev–Trinajstić information content (AvgIpc) is 2.88. The van der Waals surface area contributed by atoms with E-state index in [0.717, 1.165) is 25.5 Å². The summed E-state index contributed by atoms with van der Waals surface area (Å²) in [5.74, 6) is 0.993. The third kappa shape index (κ3) is 2.64. The number of aromatic nitrogens is 3. The Hall–Kier alpha value is -1.20. The Bertz CT molecular complexity index is 393. The van der Waals surface area contributed by atoms with Crippen molar-refractivity contribution in [1.29, 1.82) is 0 Å². The zero-order valence-corrected chi connectivity index (χ0v) is 9.50. The van der Waals surface area contributed by atoms with Gasteiger partial charge in [0.1, 0.15) is 12.2 Å². The minimum atomic E-state index is 0.768. The molecule has 0 saturated heterocycles. The van der Waals surface area contributed by atoms with Gasteiger partial charge in [0.25, 0.3) is 0 Å². The normalized spacial score (nSPS) is 10.7. The summed E-state index contributed by atoms with van der Waals surface area (Å²) in [5.41, 5.74) is 1.32. The van der Waals surface area contributed by atoms with Crippen molar-refractivity contribution in [2.75, 3.05) is 0 Å². The second-order valence-electron chi connectivity index (χ2n) is 3.23. The molecule has 0 spiro atoms. The summed E-state index contributed by atoms with van der Waals surface area (Å²) in [6, 6.07) is 2.13. The van der Waals surface area contributed by atoms with Crippen molar-refractivity contribution in [2.45, 2.75) is 26.6 Å². The van der Waals surface area contributed by atoms with E-state index >= 15 is 0 Å². The molecular formula is C10H14N4S. The van der Waals surface area contributed by atoms with Crippen LogP contribution in [0.4, 0.5) is 0 Å². The molecule has 80 valence electrons. The van der Waals surface area contributed by atoms with Crippen LogP contribution in [-0.4, -0.2) is 14.8 Å². The highest BCUT2D eigenvalue weighted by molar-refractivity contribution is 7.07. The highest BCUT2D eigenvalue weighted by Crippen LogP contribution is 2.05. The molecule has 15 heavy (non-hydrogen) atoms. The number of nitrogens with zero attached hydrogens (tertiary/aromatic N) is 3. The van der Waals surface area contributed by atoms with Gasteiger partial charge >= 0.3 is 0 Å². The van der Waals surface area contributed by atoms with E-state index in [9.17, 15) is 0 Å². The van der Waals surface area contributed by atoms with Crippen LogP contribution in [0, 0.1) is 0 Å². The maximum absolute atomic E-state index is 4.20. The predicted molar refractivity (Wildman–Crippen MR) is 60.6 cm³/mol. The summed E-state index contributed by atoms with van der Waals surface area (Å²) in [6.07, 6.45) is 1.60. The molecule has 0 aromatic carbocycles. The summed E-state index contributed by atoms with van der Waals surface area (Å²) < 4.78 is 1.90. The van der Waals surface area contributed by atoms with E-state index in [4.69, 9.17) is 0 Å². The molecule has 2 rings (SSSR count). The Balaban J connectivity index is 1.83. The lowest BCUT2D eigenvalue weighted by Crippen LogP contribution is -2.16. The summed E-state index contributed by atoms with van der Waals surface area (Å²) in [7, 11) is 0. The van der Waals surface area contributed by atoms with Crippen LogP contribution in [0.2, 0.25) is 0 Å². The first kappa shape index (κ1) is 10.3. The molecule has 1 N–H and O–H groups in total. The highest BCUT2D eigenvalue weighted by atomic mass is 32.1. The highest BCUT2D eigenvalue weighted by Gasteiger charge is 2.01. The molecule has 0 saturated carbocycles. The summed E-state index contributed by atoms with van der Waals surface area (Å²) in [5, 5.41) is 11.7. The van der Waals surface area contributed by atoms with Crippen molar-refractivity contribution in [3.05, 3.63) is 34.5 Å². The second-order valence-corrected chi connectivity index (χ2v) is 4.01. The van der Waals surface area contributed by atoms with E-state index in [1.807, 2.05) is 4.68 Å². The number of thiophene rings is 1.